The zero-order valence-electron chi connectivity index (χ0n) is 11.5. The van der Waals surface area contributed by atoms with Gasteiger partial charge in [-0.15, -0.1) is 0 Å². The molecule has 0 amide bonds. The molecule has 0 radical (unpaired) electrons. The molecule has 1 unspecified atom stereocenters. The largest absolute Gasteiger partial charge is 0.307 e. The lowest BCUT2D eigenvalue weighted by Gasteiger charge is -2.21. The van der Waals surface area contributed by atoms with Gasteiger partial charge in [0.15, 0.2) is 0 Å². The molecule has 2 heteroatoms. The average molecular weight is 257 g/mol. The summed E-state index contributed by atoms with van der Waals surface area (Å²) < 4.78 is 13.4. The minimum absolute atomic E-state index is 0.0526. The summed E-state index contributed by atoms with van der Waals surface area (Å²) in [4.78, 5) is 0. The molecule has 2 aromatic carbocycles. The van der Waals surface area contributed by atoms with Crippen LogP contribution in [0.25, 0.3) is 0 Å². The second-order valence-corrected chi connectivity index (χ2v) is 4.60. The Morgan fingerprint density at radius 2 is 1.84 bits per heavy atom. The second kappa shape index (κ2) is 6.48. The van der Waals surface area contributed by atoms with E-state index in [2.05, 4.69) is 37.4 Å². The molecule has 0 spiro atoms. The number of rotatable bonds is 5. The molecule has 0 aliphatic carbocycles. The average Bonchev–Trinajstić information content (AvgIpc) is 2.45. The molecule has 1 N–H and O–H groups in total. The Balaban J connectivity index is 2.45. The van der Waals surface area contributed by atoms with E-state index in [9.17, 15) is 4.39 Å². The number of halogens is 1. The normalized spacial score (nSPS) is 12.4. The molecule has 1 nitrogen and oxygen atoms in total. The van der Waals surface area contributed by atoms with Crippen LogP contribution in [0.5, 0.6) is 0 Å². The van der Waals surface area contributed by atoms with E-state index >= 15 is 0 Å². The third-order valence-electron chi connectivity index (χ3n) is 3.34. The number of benzene rings is 2. The highest BCUT2D eigenvalue weighted by molar-refractivity contribution is 5.37. The third kappa shape index (κ3) is 3.21. The van der Waals surface area contributed by atoms with Crippen LogP contribution in [0.2, 0.25) is 0 Å². The van der Waals surface area contributed by atoms with Gasteiger partial charge in [0, 0.05) is 0 Å². The second-order valence-electron chi connectivity index (χ2n) is 4.60. The van der Waals surface area contributed by atoms with Crippen molar-refractivity contribution in [2.45, 2.75) is 26.3 Å². The van der Waals surface area contributed by atoms with Crippen LogP contribution >= 0.6 is 0 Å². The van der Waals surface area contributed by atoms with Crippen LogP contribution in [0, 0.1) is 5.82 Å². The number of aryl methyl sites for hydroxylation is 1. The first-order chi connectivity index (χ1) is 9.26. The summed E-state index contributed by atoms with van der Waals surface area (Å²) in [6, 6.07) is 15.2. The highest BCUT2D eigenvalue weighted by Crippen LogP contribution is 2.26. The van der Waals surface area contributed by atoms with Crippen LogP contribution in [-0.2, 0) is 6.42 Å². The monoisotopic (exact) mass is 257 g/mol. The standard InChI is InChI=1S/C17H20FN/c1-3-13-8-5-6-11-16(13)17(19-4-2)14-9-7-10-15(18)12-14/h5-12,17,19H,3-4H2,1-2H3. The molecule has 0 saturated carbocycles. The smallest absolute Gasteiger partial charge is 0.123 e. The van der Waals surface area contributed by atoms with E-state index in [1.807, 2.05) is 12.1 Å². The van der Waals surface area contributed by atoms with Gasteiger partial charge < -0.3 is 5.32 Å². The van der Waals surface area contributed by atoms with Gasteiger partial charge in [0.2, 0.25) is 0 Å². The lowest BCUT2D eigenvalue weighted by molar-refractivity contribution is 0.601. The van der Waals surface area contributed by atoms with Crippen molar-refractivity contribution in [2.75, 3.05) is 6.54 Å². The molecule has 0 aliphatic heterocycles. The minimum atomic E-state index is -0.186. The zero-order chi connectivity index (χ0) is 13.7. The van der Waals surface area contributed by atoms with E-state index in [0.29, 0.717) is 0 Å². The molecule has 1 atom stereocenters. The van der Waals surface area contributed by atoms with Crippen molar-refractivity contribution in [3.05, 3.63) is 71.0 Å². The lowest BCUT2D eigenvalue weighted by atomic mass is 9.93. The predicted octanol–water partition coefficient (Wildman–Crippen LogP) is 4.09. The van der Waals surface area contributed by atoms with Crippen molar-refractivity contribution < 1.29 is 4.39 Å². The fraction of sp³-hybridized carbons (Fsp3) is 0.294. The first-order valence-electron chi connectivity index (χ1n) is 6.83. The van der Waals surface area contributed by atoms with Crippen molar-refractivity contribution in [3.8, 4) is 0 Å². The van der Waals surface area contributed by atoms with Gasteiger partial charge in [-0.05, 0) is 41.8 Å². The Kier molecular flexibility index (Phi) is 4.69. The molecule has 0 bridgehead atoms. The van der Waals surface area contributed by atoms with Gasteiger partial charge in [-0.1, -0.05) is 50.2 Å². The summed E-state index contributed by atoms with van der Waals surface area (Å²) in [5.41, 5.74) is 3.51. The molecule has 19 heavy (non-hydrogen) atoms. The van der Waals surface area contributed by atoms with E-state index in [1.54, 1.807) is 12.1 Å². The van der Waals surface area contributed by atoms with E-state index in [0.717, 1.165) is 18.5 Å². The van der Waals surface area contributed by atoms with Crippen LogP contribution in [0.4, 0.5) is 4.39 Å². The van der Waals surface area contributed by atoms with E-state index in [1.165, 1.54) is 17.2 Å². The van der Waals surface area contributed by atoms with Crippen molar-refractivity contribution in [1.29, 1.82) is 0 Å². The first kappa shape index (κ1) is 13.8. The Bertz CT molecular complexity index is 536. The highest BCUT2D eigenvalue weighted by atomic mass is 19.1. The number of hydrogen-bond donors (Lipinski definition) is 1. The SMILES string of the molecule is CCNC(c1cccc(F)c1)c1ccccc1CC. The molecule has 0 saturated heterocycles. The maximum atomic E-state index is 13.4. The summed E-state index contributed by atoms with van der Waals surface area (Å²) in [7, 11) is 0. The van der Waals surface area contributed by atoms with Crippen molar-refractivity contribution in [2.24, 2.45) is 0 Å². The van der Waals surface area contributed by atoms with Gasteiger partial charge in [-0.25, -0.2) is 4.39 Å². The van der Waals surface area contributed by atoms with E-state index in [-0.39, 0.29) is 11.9 Å². The lowest BCUT2D eigenvalue weighted by Crippen LogP contribution is -2.23. The summed E-state index contributed by atoms with van der Waals surface area (Å²) in [5.74, 6) is -0.186. The van der Waals surface area contributed by atoms with E-state index < -0.39 is 0 Å². The molecular formula is C17H20FN. The third-order valence-corrected chi connectivity index (χ3v) is 3.34. The highest BCUT2D eigenvalue weighted by Gasteiger charge is 2.15. The van der Waals surface area contributed by atoms with Crippen molar-refractivity contribution in [3.63, 3.8) is 0 Å². The fourth-order valence-electron chi connectivity index (χ4n) is 2.44. The summed E-state index contributed by atoms with van der Waals surface area (Å²) in [6.45, 7) is 5.06. The van der Waals surface area contributed by atoms with Crippen LogP contribution in [0.3, 0.4) is 0 Å². The predicted molar refractivity (Wildman–Crippen MR) is 77.7 cm³/mol. The summed E-state index contributed by atoms with van der Waals surface area (Å²) in [6.07, 6.45) is 0.980. The van der Waals surface area contributed by atoms with Gasteiger partial charge in [-0.3, -0.25) is 0 Å². The van der Waals surface area contributed by atoms with Gasteiger partial charge in [0.25, 0.3) is 0 Å². The Labute approximate surface area is 114 Å². The van der Waals surface area contributed by atoms with Crippen LogP contribution in [0.1, 0.15) is 36.6 Å². The van der Waals surface area contributed by atoms with Crippen molar-refractivity contribution >= 4 is 0 Å². The quantitative estimate of drug-likeness (QED) is 0.850. The molecule has 2 aromatic rings. The number of hydrogen-bond acceptors (Lipinski definition) is 1. The fourth-order valence-corrected chi connectivity index (χ4v) is 2.44. The van der Waals surface area contributed by atoms with Gasteiger partial charge >= 0.3 is 0 Å². The topological polar surface area (TPSA) is 12.0 Å². The molecule has 2 rings (SSSR count). The van der Waals surface area contributed by atoms with Gasteiger partial charge in [0.05, 0.1) is 6.04 Å². The van der Waals surface area contributed by atoms with Crippen LogP contribution in [0.15, 0.2) is 48.5 Å². The van der Waals surface area contributed by atoms with Gasteiger partial charge in [-0.2, -0.15) is 0 Å². The zero-order valence-corrected chi connectivity index (χ0v) is 11.5. The van der Waals surface area contributed by atoms with E-state index in [4.69, 9.17) is 0 Å². The Morgan fingerprint density at radius 3 is 2.53 bits per heavy atom. The molecule has 100 valence electrons. The Hall–Kier alpha value is -1.67. The molecule has 0 fully saturated rings. The van der Waals surface area contributed by atoms with Crippen LogP contribution in [-0.4, -0.2) is 6.54 Å². The van der Waals surface area contributed by atoms with Crippen LogP contribution < -0.4 is 5.32 Å². The Morgan fingerprint density at radius 1 is 1.05 bits per heavy atom. The maximum absolute atomic E-state index is 13.4. The van der Waals surface area contributed by atoms with Gasteiger partial charge in [0.1, 0.15) is 5.82 Å². The summed E-state index contributed by atoms with van der Waals surface area (Å²) in [5, 5.41) is 3.45. The molecular weight excluding hydrogens is 237 g/mol. The maximum Gasteiger partial charge on any atom is 0.123 e. The molecule has 0 heterocycles. The summed E-state index contributed by atoms with van der Waals surface area (Å²) >= 11 is 0. The number of nitrogens with one attached hydrogen (secondary N) is 1. The van der Waals surface area contributed by atoms with Crippen molar-refractivity contribution in [1.82, 2.24) is 5.32 Å². The molecule has 0 aromatic heterocycles. The minimum Gasteiger partial charge on any atom is -0.307 e. The first-order valence-corrected chi connectivity index (χ1v) is 6.83. The molecule has 0 aliphatic rings.